The van der Waals surface area contributed by atoms with Crippen molar-refractivity contribution >= 4 is 5.69 Å². The average Bonchev–Trinajstić information content (AvgIpc) is 2.46. The normalized spacial score (nSPS) is 11.9. The molecule has 0 aliphatic carbocycles. The number of anilines is 1. The number of ether oxygens (including phenoxy) is 1. The predicted molar refractivity (Wildman–Crippen MR) is 74.1 cm³/mol. The van der Waals surface area contributed by atoms with Crippen LogP contribution in [0.5, 0.6) is 5.88 Å². The zero-order valence-electron chi connectivity index (χ0n) is 10.8. The molecule has 1 heterocycles. The van der Waals surface area contributed by atoms with E-state index in [1.165, 1.54) is 5.56 Å². The van der Waals surface area contributed by atoms with Gasteiger partial charge in [0, 0.05) is 12.7 Å². The highest BCUT2D eigenvalue weighted by Gasteiger charge is 2.07. The molecule has 1 N–H and O–H groups in total. The second-order valence-corrected chi connectivity index (χ2v) is 4.25. The van der Waals surface area contributed by atoms with Gasteiger partial charge in [-0.25, -0.2) is 4.98 Å². The molecule has 2 rings (SSSR count). The lowest BCUT2D eigenvalue weighted by atomic mass is 10.0. The van der Waals surface area contributed by atoms with Crippen molar-refractivity contribution in [2.45, 2.75) is 12.8 Å². The van der Waals surface area contributed by atoms with Gasteiger partial charge in [-0.3, -0.25) is 0 Å². The third-order valence-electron chi connectivity index (χ3n) is 2.93. The van der Waals surface area contributed by atoms with Crippen molar-refractivity contribution < 1.29 is 4.74 Å². The molecule has 0 aliphatic heterocycles. The Bertz CT molecular complexity index is 485. The van der Waals surface area contributed by atoms with Gasteiger partial charge >= 0.3 is 0 Å². The van der Waals surface area contributed by atoms with Crippen LogP contribution < -0.4 is 10.1 Å². The summed E-state index contributed by atoms with van der Waals surface area (Å²) in [5.41, 5.74) is 2.26. The van der Waals surface area contributed by atoms with E-state index in [9.17, 15) is 0 Å². The molecule has 0 bridgehead atoms. The van der Waals surface area contributed by atoms with Crippen LogP contribution in [0.1, 0.15) is 18.4 Å². The predicted octanol–water partition coefficient (Wildman–Crippen LogP) is 3.31. The van der Waals surface area contributed by atoms with Crippen LogP contribution in [0, 0.1) is 0 Å². The first-order valence-electron chi connectivity index (χ1n) is 6.09. The van der Waals surface area contributed by atoms with E-state index in [2.05, 4.69) is 41.5 Å². The molecule has 3 heteroatoms. The Labute approximate surface area is 108 Å². The summed E-state index contributed by atoms with van der Waals surface area (Å²) in [5.74, 6) is 1.08. The standard InChI is InChI=1S/C15H18N2O/c1-12(13-7-4-3-5-8-13)11-17-14-9-6-10-16-15(14)18-2/h3-10,12,17H,11H2,1-2H3. The Morgan fingerprint density at radius 2 is 1.94 bits per heavy atom. The van der Waals surface area contributed by atoms with Crippen LogP contribution in [0.4, 0.5) is 5.69 Å². The molecule has 94 valence electrons. The van der Waals surface area contributed by atoms with Crippen molar-refractivity contribution in [3.05, 3.63) is 54.2 Å². The Morgan fingerprint density at radius 1 is 1.17 bits per heavy atom. The van der Waals surface area contributed by atoms with Crippen LogP contribution in [-0.4, -0.2) is 18.6 Å². The maximum Gasteiger partial charge on any atom is 0.237 e. The van der Waals surface area contributed by atoms with Crippen LogP contribution in [0.3, 0.4) is 0 Å². The van der Waals surface area contributed by atoms with Crippen molar-refractivity contribution in [1.29, 1.82) is 0 Å². The SMILES string of the molecule is COc1ncccc1NCC(C)c1ccccc1. The van der Waals surface area contributed by atoms with Gasteiger partial charge in [-0.1, -0.05) is 37.3 Å². The number of methoxy groups -OCH3 is 1. The summed E-state index contributed by atoms with van der Waals surface area (Å²) < 4.78 is 5.21. The van der Waals surface area contributed by atoms with Crippen molar-refractivity contribution in [1.82, 2.24) is 4.98 Å². The maximum absolute atomic E-state index is 5.21. The molecule has 1 unspecified atom stereocenters. The molecule has 1 atom stereocenters. The summed E-state index contributed by atoms with van der Waals surface area (Å²) in [7, 11) is 1.63. The molecule has 0 radical (unpaired) electrons. The van der Waals surface area contributed by atoms with Crippen molar-refractivity contribution in [3.8, 4) is 5.88 Å². The molecule has 18 heavy (non-hydrogen) atoms. The Morgan fingerprint density at radius 3 is 2.67 bits per heavy atom. The lowest BCUT2D eigenvalue weighted by molar-refractivity contribution is 0.399. The van der Waals surface area contributed by atoms with Gasteiger partial charge in [-0.05, 0) is 23.6 Å². The highest BCUT2D eigenvalue weighted by Crippen LogP contribution is 2.22. The van der Waals surface area contributed by atoms with E-state index in [1.54, 1.807) is 13.3 Å². The quantitative estimate of drug-likeness (QED) is 0.873. The van der Waals surface area contributed by atoms with E-state index in [-0.39, 0.29) is 0 Å². The summed E-state index contributed by atoms with van der Waals surface area (Å²) in [6.07, 6.45) is 1.73. The smallest absolute Gasteiger partial charge is 0.237 e. The average molecular weight is 242 g/mol. The number of nitrogens with zero attached hydrogens (tertiary/aromatic N) is 1. The molecule has 1 aromatic carbocycles. The van der Waals surface area contributed by atoms with Gasteiger partial charge in [0.1, 0.15) is 0 Å². The fourth-order valence-corrected chi connectivity index (χ4v) is 1.85. The number of rotatable bonds is 5. The number of pyridine rings is 1. The van der Waals surface area contributed by atoms with Crippen LogP contribution in [0.2, 0.25) is 0 Å². The Balaban J connectivity index is 1.99. The van der Waals surface area contributed by atoms with Crippen molar-refractivity contribution in [3.63, 3.8) is 0 Å². The van der Waals surface area contributed by atoms with Gasteiger partial charge in [0.05, 0.1) is 12.8 Å². The third kappa shape index (κ3) is 3.00. The molecule has 3 nitrogen and oxygen atoms in total. The van der Waals surface area contributed by atoms with Gasteiger partial charge in [0.25, 0.3) is 0 Å². The van der Waals surface area contributed by atoms with Gasteiger partial charge in [0.15, 0.2) is 0 Å². The molecule has 1 aromatic heterocycles. The van der Waals surface area contributed by atoms with E-state index in [1.807, 2.05) is 18.2 Å². The summed E-state index contributed by atoms with van der Waals surface area (Å²) in [6.45, 7) is 3.05. The molecule has 0 saturated carbocycles. The second kappa shape index (κ2) is 6.05. The minimum absolute atomic E-state index is 0.441. The van der Waals surface area contributed by atoms with E-state index >= 15 is 0 Å². The van der Waals surface area contributed by atoms with Crippen LogP contribution >= 0.6 is 0 Å². The van der Waals surface area contributed by atoms with Gasteiger partial charge < -0.3 is 10.1 Å². The van der Waals surface area contributed by atoms with Gasteiger partial charge in [-0.2, -0.15) is 0 Å². The molecule has 0 spiro atoms. The summed E-state index contributed by atoms with van der Waals surface area (Å²) >= 11 is 0. The number of hydrogen-bond donors (Lipinski definition) is 1. The molecule has 0 amide bonds. The maximum atomic E-state index is 5.21. The molecular formula is C15H18N2O. The summed E-state index contributed by atoms with van der Waals surface area (Å²) in [5, 5.41) is 3.37. The number of aromatic nitrogens is 1. The molecule has 2 aromatic rings. The minimum Gasteiger partial charge on any atom is -0.480 e. The Kier molecular flexibility index (Phi) is 4.18. The largest absolute Gasteiger partial charge is 0.480 e. The van der Waals surface area contributed by atoms with Gasteiger partial charge in [-0.15, -0.1) is 0 Å². The topological polar surface area (TPSA) is 34.1 Å². The fraction of sp³-hybridized carbons (Fsp3) is 0.267. The lowest BCUT2D eigenvalue weighted by Crippen LogP contribution is -2.10. The second-order valence-electron chi connectivity index (χ2n) is 4.25. The highest BCUT2D eigenvalue weighted by molar-refractivity contribution is 5.52. The lowest BCUT2D eigenvalue weighted by Gasteiger charge is -2.15. The first-order valence-corrected chi connectivity index (χ1v) is 6.09. The van der Waals surface area contributed by atoms with Crippen LogP contribution in [0.15, 0.2) is 48.7 Å². The highest BCUT2D eigenvalue weighted by atomic mass is 16.5. The zero-order valence-corrected chi connectivity index (χ0v) is 10.8. The first kappa shape index (κ1) is 12.4. The minimum atomic E-state index is 0.441. The fourth-order valence-electron chi connectivity index (χ4n) is 1.85. The monoisotopic (exact) mass is 242 g/mol. The van der Waals surface area contributed by atoms with Crippen LogP contribution in [-0.2, 0) is 0 Å². The van der Waals surface area contributed by atoms with E-state index in [0.717, 1.165) is 12.2 Å². The summed E-state index contributed by atoms with van der Waals surface area (Å²) in [4.78, 5) is 4.16. The number of hydrogen-bond acceptors (Lipinski definition) is 3. The van der Waals surface area contributed by atoms with E-state index in [0.29, 0.717) is 11.8 Å². The first-order chi connectivity index (χ1) is 8.81. The number of benzene rings is 1. The Hall–Kier alpha value is -2.03. The van der Waals surface area contributed by atoms with Crippen LogP contribution in [0.25, 0.3) is 0 Å². The molecular weight excluding hydrogens is 224 g/mol. The van der Waals surface area contributed by atoms with E-state index in [4.69, 9.17) is 4.74 Å². The van der Waals surface area contributed by atoms with E-state index < -0.39 is 0 Å². The molecule has 0 aliphatic rings. The number of nitrogens with one attached hydrogen (secondary N) is 1. The van der Waals surface area contributed by atoms with Crippen molar-refractivity contribution in [2.24, 2.45) is 0 Å². The summed E-state index contributed by atoms with van der Waals surface area (Å²) in [6, 6.07) is 14.3. The molecule has 0 fully saturated rings. The van der Waals surface area contributed by atoms with Crippen molar-refractivity contribution in [2.75, 3.05) is 19.0 Å². The molecule has 0 saturated heterocycles. The third-order valence-corrected chi connectivity index (χ3v) is 2.93. The zero-order chi connectivity index (χ0) is 12.8. The van der Waals surface area contributed by atoms with Gasteiger partial charge in [0.2, 0.25) is 5.88 Å².